The summed E-state index contributed by atoms with van der Waals surface area (Å²) in [7, 11) is 0. The Labute approximate surface area is 183 Å². The number of carboxylic acids is 1. The summed E-state index contributed by atoms with van der Waals surface area (Å²) >= 11 is 0. The van der Waals surface area contributed by atoms with Crippen LogP contribution in [0.15, 0.2) is 24.3 Å². The van der Waals surface area contributed by atoms with Crippen molar-refractivity contribution in [1.29, 1.82) is 0 Å². The highest BCUT2D eigenvalue weighted by molar-refractivity contribution is 5.67. The number of hydrogen-bond acceptors (Lipinski definition) is 3. The van der Waals surface area contributed by atoms with Crippen LogP contribution in [0.2, 0.25) is 0 Å². The lowest BCUT2D eigenvalue weighted by atomic mass is 9.83. The SMILES string of the molecule is CC(C)CC[C@H](COC(C)C)N1CC[C@@H](CC(=O)O)C[C@H]1c1ccc(C(F)(F)F)cc1. The fourth-order valence-electron chi connectivity index (χ4n) is 4.32. The van der Waals surface area contributed by atoms with Gasteiger partial charge in [0.25, 0.3) is 0 Å². The fourth-order valence-corrected chi connectivity index (χ4v) is 4.32. The lowest BCUT2D eigenvalue weighted by Crippen LogP contribution is -2.46. The van der Waals surface area contributed by atoms with E-state index in [1.807, 2.05) is 13.8 Å². The molecule has 0 saturated carbocycles. The Kier molecular flexibility index (Phi) is 9.37. The zero-order valence-corrected chi connectivity index (χ0v) is 19.0. The highest BCUT2D eigenvalue weighted by Gasteiger charge is 2.36. The van der Waals surface area contributed by atoms with Gasteiger partial charge in [0.05, 0.1) is 18.3 Å². The van der Waals surface area contributed by atoms with Crippen LogP contribution >= 0.6 is 0 Å². The number of piperidine rings is 1. The van der Waals surface area contributed by atoms with Crippen molar-refractivity contribution in [3.8, 4) is 0 Å². The molecule has 0 radical (unpaired) electrons. The third kappa shape index (κ3) is 8.11. The molecular weight excluding hydrogens is 407 g/mol. The van der Waals surface area contributed by atoms with Crippen molar-refractivity contribution in [3.63, 3.8) is 0 Å². The number of alkyl halides is 3. The Hall–Kier alpha value is -1.60. The van der Waals surface area contributed by atoms with Crippen molar-refractivity contribution in [1.82, 2.24) is 4.90 Å². The first-order chi connectivity index (χ1) is 14.5. The van der Waals surface area contributed by atoms with Gasteiger partial charge in [-0.05, 0) is 75.6 Å². The van der Waals surface area contributed by atoms with Gasteiger partial charge in [-0.2, -0.15) is 13.2 Å². The third-order valence-electron chi connectivity index (χ3n) is 6.01. The van der Waals surface area contributed by atoms with Crippen LogP contribution in [0.1, 0.15) is 77.0 Å². The normalized spacial score (nSPS) is 21.6. The van der Waals surface area contributed by atoms with E-state index in [2.05, 4.69) is 18.7 Å². The predicted molar refractivity (Wildman–Crippen MR) is 115 cm³/mol. The number of hydrogen-bond donors (Lipinski definition) is 1. The molecule has 1 aromatic rings. The van der Waals surface area contributed by atoms with Crippen LogP contribution in [-0.2, 0) is 15.7 Å². The minimum atomic E-state index is -4.37. The van der Waals surface area contributed by atoms with Crippen LogP contribution in [0.4, 0.5) is 13.2 Å². The first-order valence-corrected chi connectivity index (χ1v) is 11.2. The summed E-state index contributed by atoms with van der Waals surface area (Å²) in [4.78, 5) is 13.6. The molecule has 31 heavy (non-hydrogen) atoms. The number of likely N-dealkylation sites (tertiary alicyclic amines) is 1. The second kappa shape index (κ2) is 11.3. The van der Waals surface area contributed by atoms with E-state index in [1.54, 1.807) is 12.1 Å². The molecule has 0 spiro atoms. The van der Waals surface area contributed by atoms with E-state index in [1.165, 1.54) is 0 Å². The number of aliphatic carboxylic acids is 1. The quantitative estimate of drug-likeness (QED) is 0.470. The molecule has 4 nitrogen and oxygen atoms in total. The Bertz CT molecular complexity index is 676. The van der Waals surface area contributed by atoms with Gasteiger partial charge >= 0.3 is 12.1 Å². The van der Waals surface area contributed by atoms with Gasteiger partial charge in [0.15, 0.2) is 0 Å². The van der Waals surface area contributed by atoms with E-state index >= 15 is 0 Å². The van der Waals surface area contributed by atoms with Crippen LogP contribution in [0.25, 0.3) is 0 Å². The van der Waals surface area contributed by atoms with Crippen LogP contribution in [-0.4, -0.2) is 41.3 Å². The number of nitrogens with zero attached hydrogens (tertiary/aromatic N) is 1. The molecule has 1 saturated heterocycles. The minimum Gasteiger partial charge on any atom is -0.481 e. The molecule has 0 aromatic heterocycles. The van der Waals surface area contributed by atoms with Crippen molar-refractivity contribution in [2.24, 2.45) is 11.8 Å². The van der Waals surface area contributed by atoms with Gasteiger partial charge in [-0.3, -0.25) is 9.69 Å². The van der Waals surface area contributed by atoms with Gasteiger partial charge in [-0.25, -0.2) is 0 Å². The molecule has 0 amide bonds. The molecule has 7 heteroatoms. The second-order valence-electron chi connectivity index (χ2n) is 9.37. The van der Waals surface area contributed by atoms with Crippen LogP contribution < -0.4 is 0 Å². The maximum atomic E-state index is 13.0. The number of carboxylic acid groups (broad SMARTS) is 1. The zero-order chi connectivity index (χ0) is 23.2. The number of carbonyl (C=O) groups is 1. The largest absolute Gasteiger partial charge is 0.481 e. The fraction of sp³-hybridized carbons (Fsp3) is 0.708. The Morgan fingerprint density at radius 3 is 2.32 bits per heavy atom. The van der Waals surface area contributed by atoms with Gasteiger partial charge < -0.3 is 9.84 Å². The van der Waals surface area contributed by atoms with Gasteiger partial charge in [0, 0.05) is 18.5 Å². The summed E-state index contributed by atoms with van der Waals surface area (Å²) in [6.45, 7) is 9.61. The topological polar surface area (TPSA) is 49.8 Å². The van der Waals surface area contributed by atoms with Crippen molar-refractivity contribution < 1.29 is 27.8 Å². The van der Waals surface area contributed by atoms with Crippen LogP contribution in [0.3, 0.4) is 0 Å². The number of benzene rings is 1. The van der Waals surface area contributed by atoms with Crippen molar-refractivity contribution in [3.05, 3.63) is 35.4 Å². The minimum absolute atomic E-state index is 0.0119. The first kappa shape index (κ1) is 25.7. The standard InChI is InChI=1S/C24H36F3NO3/c1-16(2)5-10-21(15-31-17(3)4)28-12-11-18(14-23(29)30)13-22(28)19-6-8-20(9-7-19)24(25,26)27/h6-9,16-18,21-22H,5,10-15H2,1-4H3,(H,29,30)/t18-,21-,22+/m1/s1. The average molecular weight is 444 g/mol. The molecule has 0 bridgehead atoms. The highest BCUT2D eigenvalue weighted by atomic mass is 19.4. The molecule has 1 N–H and O–H groups in total. The maximum absolute atomic E-state index is 13.0. The molecule has 176 valence electrons. The second-order valence-corrected chi connectivity index (χ2v) is 9.37. The average Bonchev–Trinajstić information content (AvgIpc) is 2.67. The smallest absolute Gasteiger partial charge is 0.416 e. The molecule has 0 aliphatic carbocycles. The summed E-state index contributed by atoms with van der Waals surface area (Å²) in [6, 6.07) is 5.37. The first-order valence-electron chi connectivity index (χ1n) is 11.2. The van der Waals surface area contributed by atoms with Gasteiger partial charge in [0.1, 0.15) is 0 Å². The van der Waals surface area contributed by atoms with Crippen molar-refractivity contribution in [2.75, 3.05) is 13.2 Å². The predicted octanol–water partition coefficient (Wildman–Crippen LogP) is 6.16. The lowest BCUT2D eigenvalue weighted by Gasteiger charge is -2.44. The summed E-state index contributed by atoms with van der Waals surface area (Å²) < 4.78 is 45.0. The van der Waals surface area contributed by atoms with E-state index in [9.17, 15) is 23.1 Å². The van der Waals surface area contributed by atoms with E-state index in [0.717, 1.165) is 37.0 Å². The Balaban J connectivity index is 2.30. The van der Waals surface area contributed by atoms with Gasteiger partial charge in [0.2, 0.25) is 0 Å². The number of ether oxygens (including phenoxy) is 1. The zero-order valence-electron chi connectivity index (χ0n) is 19.0. The van der Waals surface area contributed by atoms with Crippen molar-refractivity contribution in [2.45, 2.75) is 84.2 Å². The van der Waals surface area contributed by atoms with E-state index in [-0.39, 0.29) is 30.5 Å². The monoisotopic (exact) mass is 443 g/mol. The maximum Gasteiger partial charge on any atom is 0.416 e. The number of rotatable bonds is 10. The third-order valence-corrected chi connectivity index (χ3v) is 6.01. The van der Waals surface area contributed by atoms with E-state index in [4.69, 9.17) is 4.74 Å². The number of halogens is 3. The lowest BCUT2D eigenvalue weighted by molar-refractivity contribution is -0.139. The van der Waals surface area contributed by atoms with Gasteiger partial charge in [-0.1, -0.05) is 26.0 Å². The molecule has 2 rings (SSSR count). The summed E-state index contributed by atoms with van der Waals surface area (Å²) in [5, 5.41) is 9.26. The molecule has 1 fully saturated rings. The summed E-state index contributed by atoms with van der Waals surface area (Å²) in [5.41, 5.74) is 0.141. The van der Waals surface area contributed by atoms with Crippen molar-refractivity contribution >= 4 is 5.97 Å². The molecular formula is C24H36F3NO3. The summed E-state index contributed by atoms with van der Waals surface area (Å²) in [5.74, 6) is -0.280. The van der Waals surface area contributed by atoms with E-state index in [0.29, 0.717) is 25.5 Å². The molecule has 3 atom stereocenters. The van der Waals surface area contributed by atoms with Gasteiger partial charge in [-0.15, -0.1) is 0 Å². The molecule has 1 aliphatic heterocycles. The molecule has 1 aromatic carbocycles. The van der Waals surface area contributed by atoms with E-state index < -0.39 is 17.7 Å². The molecule has 1 aliphatic rings. The van der Waals surface area contributed by atoms with Crippen LogP contribution in [0.5, 0.6) is 0 Å². The molecule has 1 heterocycles. The highest BCUT2D eigenvalue weighted by Crippen LogP contribution is 2.39. The Morgan fingerprint density at radius 1 is 1.16 bits per heavy atom. The Morgan fingerprint density at radius 2 is 1.81 bits per heavy atom. The summed E-state index contributed by atoms with van der Waals surface area (Å²) in [6.07, 6.45) is -0.839. The van der Waals surface area contributed by atoms with Crippen LogP contribution in [0, 0.1) is 11.8 Å². The molecule has 0 unspecified atom stereocenters.